The topological polar surface area (TPSA) is 87.9 Å². The largest absolute Gasteiger partial charge is 0.457 e. The number of hydrogen-bond donors (Lipinski definition) is 1. The molecule has 0 saturated heterocycles. The van der Waals surface area contributed by atoms with Crippen molar-refractivity contribution < 1.29 is 4.42 Å². The van der Waals surface area contributed by atoms with Gasteiger partial charge in [0, 0.05) is 11.0 Å². The Morgan fingerprint density at radius 2 is 2.50 bits per heavy atom. The monoisotopic (exact) mass is 138 g/mol. The lowest BCUT2D eigenvalue weighted by Gasteiger charge is -1.81. The van der Waals surface area contributed by atoms with Crippen molar-refractivity contribution in [3.63, 3.8) is 0 Å². The van der Waals surface area contributed by atoms with E-state index in [2.05, 4.69) is 10.0 Å². The minimum Gasteiger partial charge on any atom is -0.457 e. The van der Waals surface area contributed by atoms with Gasteiger partial charge < -0.3 is 10.2 Å². The second kappa shape index (κ2) is 2.33. The molecule has 0 aliphatic rings. The third kappa shape index (κ3) is 1.04. The summed E-state index contributed by atoms with van der Waals surface area (Å²) in [4.78, 5) is 2.54. The summed E-state index contributed by atoms with van der Waals surface area (Å²) in [6, 6.07) is 1.48. The first-order valence-electron chi connectivity index (χ1n) is 2.65. The highest BCUT2D eigenvalue weighted by Crippen LogP contribution is 2.22. The number of aryl methyl sites for hydroxylation is 1. The van der Waals surface area contributed by atoms with E-state index in [1.807, 2.05) is 0 Å². The zero-order valence-electron chi connectivity index (χ0n) is 5.40. The second-order valence-corrected chi connectivity index (χ2v) is 1.79. The van der Waals surface area contributed by atoms with Crippen LogP contribution in [-0.2, 0) is 0 Å². The molecule has 0 saturated carbocycles. The molecular weight excluding hydrogens is 132 g/mol. The molecule has 0 amide bonds. The SMILES string of the molecule is Cc1oc(N=[N+]=[N-])cc1N. The molecule has 0 spiro atoms. The van der Waals surface area contributed by atoms with Gasteiger partial charge in [-0.3, -0.25) is 0 Å². The Morgan fingerprint density at radius 1 is 1.80 bits per heavy atom. The van der Waals surface area contributed by atoms with Gasteiger partial charge in [0.05, 0.1) is 5.69 Å². The summed E-state index contributed by atoms with van der Waals surface area (Å²) in [6.07, 6.45) is 0. The summed E-state index contributed by atoms with van der Waals surface area (Å²) < 4.78 is 4.91. The van der Waals surface area contributed by atoms with Crippen LogP contribution in [0, 0.1) is 6.92 Å². The number of azide groups is 1. The number of hydrogen-bond acceptors (Lipinski definition) is 3. The van der Waals surface area contributed by atoms with Gasteiger partial charge in [-0.1, -0.05) is 0 Å². The zero-order chi connectivity index (χ0) is 7.56. The molecule has 10 heavy (non-hydrogen) atoms. The Kier molecular flexibility index (Phi) is 1.51. The zero-order valence-corrected chi connectivity index (χ0v) is 5.40. The lowest BCUT2D eigenvalue weighted by molar-refractivity contribution is 0.545. The third-order valence-corrected chi connectivity index (χ3v) is 1.09. The molecule has 0 aromatic carbocycles. The van der Waals surface area contributed by atoms with Crippen LogP contribution in [0.5, 0.6) is 0 Å². The molecule has 52 valence electrons. The minimum absolute atomic E-state index is 0.206. The van der Waals surface area contributed by atoms with E-state index in [1.165, 1.54) is 6.07 Å². The summed E-state index contributed by atoms with van der Waals surface area (Å²) in [6.45, 7) is 1.70. The van der Waals surface area contributed by atoms with Crippen LogP contribution in [-0.4, -0.2) is 0 Å². The number of anilines is 1. The molecule has 0 radical (unpaired) electrons. The van der Waals surface area contributed by atoms with Crippen LogP contribution in [0.4, 0.5) is 11.6 Å². The predicted molar refractivity (Wildman–Crippen MR) is 36.7 cm³/mol. The average molecular weight is 138 g/mol. The van der Waals surface area contributed by atoms with Gasteiger partial charge in [0.2, 0.25) is 0 Å². The molecule has 0 bridgehead atoms. The highest BCUT2D eigenvalue weighted by atomic mass is 16.4. The number of nitrogens with two attached hydrogens (primary N) is 1. The highest BCUT2D eigenvalue weighted by molar-refractivity contribution is 5.48. The molecule has 1 aromatic heterocycles. The first-order valence-corrected chi connectivity index (χ1v) is 2.65. The fourth-order valence-electron chi connectivity index (χ4n) is 0.573. The van der Waals surface area contributed by atoms with Gasteiger partial charge in [0.25, 0.3) is 0 Å². The highest BCUT2D eigenvalue weighted by Gasteiger charge is 1.99. The van der Waals surface area contributed by atoms with Crippen molar-refractivity contribution in [2.75, 3.05) is 5.73 Å². The lowest BCUT2D eigenvalue weighted by atomic mass is 10.4. The van der Waals surface area contributed by atoms with Crippen molar-refractivity contribution in [3.8, 4) is 0 Å². The normalized spacial score (nSPS) is 8.90. The van der Waals surface area contributed by atoms with E-state index >= 15 is 0 Å². The van der Waals surface area contributed by atoms with Gasteiger partial charge in [-0.05, 0) is 17.6 Å². The Hall–Kier alpha value is -1.61. The molecule has 2 N–H and O–H groups in total. The average Bonchev–Trinajstić information content (AvgIpc) is 2.14. The van der Waals surface area contributed by atoms with E-state index in [0.29, 0.717) is 11.4 Å². The van der Waals surface area contributed by atoms with Crippen molar-refractivity contribution in [3.05, 3.63) is 22.3 Å². The molecule has 0 fully saturated rings. The molecular formula is C5H6N4O. The molecule has 0 unspecified atom stereocenters. The van der Waals surface area contributed by atoms with E-state index in [0.717, 1.165) is 0 Å². The second-order valence-electron chi connectivity index (χ2n) is 1.79. The molecule has 1 heterocycles. The molecule has 0 aliphatic carbocycles. The van der Waals surface area contributed by atoms with E-state index in [4.69, 9.17) is 15.7 Å². The van der Waals surface area contributed by atoms with E-state index in [-0.39, 0.29) is 5.88 Å². The van der Waals surface area contributed by atoms with Crippen LogP contribution in [0.1, 0.15) is 5.76 Å². The summed E-state index contributed by atoms with van der Waals surface area (Å²) >= 11 is 0. The van der Waals surface area contributed by atoms with Gasteiger partial charge in [-0.25, -0.2) is 0 Å². The Morgan fingerprint density at radius 3 is 2.90 bits per heavy atom. The quantitative estimate of drug-likeness (QED) is 0.366. The van der Waals surface area contributed by atoms with Gasteiger partial charge >= 0.3 is 0 Å². The number of nitrogens with zero attached hydrogens (tertiary/aromatic N) is 3. The summed E-state index contributed by atoms with van der Waals surface area (Å²) in [5, 5.41) is 3.22. The number of rotatable bonds is 1. The molecule has 5 heteroatoms. The number of furan rings is 1. The third-order valence-electron chi connectivity index (χ3n) is 1.09. The maximum atomic E-state index is 7.98. The molecule has 0 atom stereocenters. The first-order chi connectivity index (χ1) is 4.74. The minimum atomic E-state index is 0.206. The fraction of sp³-hybridized carbons (Fsp3) is 0.200. The standard InChI is InChI=1S/C5H6N4O/c1-3-4(6)2-5(10-3)8-9-7/h2H,6H2,1H3. The Balaban J connectivity index is 3.09. The molecule has 5 nitrogen and oxygen atoms in total. The van der Waals surface area contributed by atoms with E-state index in [9.17, 15) is 0 Å². The summed E-state index contributed by atoms with van der Waals surface area (Å²) in [5.74, 6) is 0.778. The van der Waals surface area contributed by atoms with Crippen LogP contribution in [0.3, 0.4) is 0 Å². The van der Waals surface area contributed by atoms with Crippen molar-refractivity contribution in [1.82, 2.24) is 0 Å². The van der Waals surface area contributed by atoms with Crippen LogP contribution in [0.2, 0.25) is 0 Å². The number of nitrogen functional groups attached to an aromatic ring is 1. The van der Waals surface area contributed by atoms with E-state index < -0.39 is 0 Å². The fourth-order valence-corrected chi connectivity index (χ4v) is 0.573. The van der Waals surface area contributed by atoms with Gasteiger partial charge in [0.15, 0.2) is 5.88 Å². The molecule has 1 rings (SSSR count). The lowest BCUT2D eigenvalue weighted by Crippen LogP contribution is -1.80. The van der Waals surface area contributed by atoms with Gasteiger partial charge in [0.1, 0.15) is 5.76 Å². The smallest absolute Gasteiger partial charge is 0.192 e. The van der Waals surface area contributed by atoms with Crippen molar-refractivity contribution >= 4 is 11.6 Å². The van der Waals surface area contributed by atoms with Crippen molar-refractivity contribution in [1.29, 1.82) is 0 Å². The summed E-state index contributed by atoms with van der Waals surface area (Å²) in [5.41, 5.74) is 13.9. The van der Waals surface area contributed by atoms with Gasteiger partial charge in [-0.2, -0.15) is 0 Å². The predicted octanol–water partition coefficient (Wildman–Crippen LogP) is 2.11. The summed E-state index contributed by atoms with van der Waals surface area (Å²) in [7, 11) is 0. The Labute approximate surface area is 57.1 Å². The Bertz CT molecular complexity index is 264. The molecule has 1 aromatic rings. The van der Waals surface area contributed by atoms with Crippen LogP contribution < -0.4 is 5.73 Å². The first kappa shape index (κ1) is 6.51. The van der Waals surface area contributed by atoms with Crippen LogP contribution in [0.25, 0.3) is 10.4 Å². The van der Waals surface area contributed by atoms with Crippen molar-refractivity contribution in [2.45, 2.75) is 6.92 Å². The van der Waals surface area contributed by atoms with Crippen LogP contribution >= 0.6 is 0 Å². The van der Waals surface area contributed by atoms with Crippen molar-refractivity contribution in [2.24, 2.45) is 5.11 Å². The molecule has 0 aliphatic heterocycles. The van der Waals surface area contributed by atoms with E-state index in [1.54, 1.807) is 6.92 Å². The maximum absolute atomic E-state index is 7.98. The maximum Gasteiger partial charge on any atom is 0.192 e. The van der Waals surface area contributed by atoms with Gasteiger partial charge in [-0.15, -0.1) is 0 Å². The van der Waals surface area contributed by atoms with Crippen LogP contribution in [0.15, 0.2) is 15.6 Å².